The Morgan fingerprint density at radius 3 is 2.22 bits per heavy atom. The molecule has 204 valence electrons. The zero-order chi connectivity index (χ0) is 28.3. The van der Waals surface area contributed by atoms with Gasteiger partial charge in [0, 0.05) is 12.1 Å². The number of alkyl halides is 3. The Kier molecular flexibility index (Phi) is 9.30. The van der Waals surface area contributed by atoms with Crippen LogP contribution in [0.4, 0.5) is 18.9 Å². The Hall–Kier alpha value is -2.79. The minimum Gasteiger partial charge on any atom is -0.350 e. The first-order chi connectivity index (χ1) is 16.8. The van der Waals surface area contributed by atoms with Gasteiger partial charge in [-0.1, -0.05) is 41.4 Å². The fourth-order valence-electron chi connectivity index (χ4n) is 3.56. The van der Waals surface area contributed by atoms with E-state index in [4.69, 9.17) is 11.6 Å². The summed E-state index contributed by atoms with van der Waals surface area (Å²) < 4.78 is 66.0. The molecule has 1 unspecified atom stereocenters. The Bertz CT molecular complexity index is 1260. The predicted molar refractivity (Wildman–Crippen MR) is 138 cm³/mol. The topological polar surface area (TPSA) is 86.8 Å². The van der Waals surface area contributed by atoms with Crippen LogP contribution in [0.15, 0.2) is 42.5 Å². The molecule has 1 atom stereocenters. The molecule has 0 aliphatic heterocycles. The lowest BCUT2D eigenvalue weighted by Gasteiger charge is -2.33. The average molecular weight is 562 g/mol. The maximum atomic E-state index is 13.5. The summed E-state index contributed by atoms with van der Waals surface area (Å²) in [5, 5.41) is 2.19. The molecule has 0 saturated carbocycles. The molecule has 1 N–H and O–H groups in total. The Balaban J connectivity index is 2.50. The standard InChI is InChI=1S/C25H31ClF3N3O4S/c1-16-8-7-9-18(12-16)14-31(17(2)23(34)30-24(3,4)5)22(33)15-32(37(6,35)36)19-10-11-21(26)20(13-19)25(27,28)29/h7-13,17H,14-15H2,1-6H3,(H,30,34). The summed E-state index contributed by atoms with van der Waals surface area (Å²) in [6, 6.07) is 8.79. The van der Waals surface area contributed by atoms with Crippen LogP contribution in [0.3, 0.4) is 0 Å². The summed E-state index contributed by atoms with van der Waals surface area (Å²) >= 11 is 5.68. The van der Waals surface area contributed by atoms with Gasteiger partial charge in [-0.05, 0) is 58.4 Å². The third kappa shape index (κ3) is 8.63. The monoisotopic (exact) mass is 561 g/mol. The molecule has 0 heterocycles. The molecule has 0 aromatic heterocycles. The number of rotatable bonds is 8. The second-order valence-electron chi connectivity index (χ2n) is 9.86. The molecule has 0 radical (unpaired) electrons. The van der Waals surface area contributed by atoms with E-state index < -0.39 is 56.7 Å². The lowest BCUT2D eigenvalue weighted by Crippen LogP contribution is -2.54. The summed E-state index contributed by atoms with van der Waals surface area (Å²) in [6.45, 7) is 7.83. The quantitative estimate of drug-likeness (QED) is 0.503. The fraction of sp³-hybridized carbons (Fsp3) is 0.440. The van der Waals surface area contributed by atoms with E-state index in [1.807, 2.05) is 19.1 Å². The van der Waals surface area contributed by atoms with Crippen molar-refractivity contribution >= 4 is 39.1 Å². The van der Waals surface area contributed by atoms with Crippen molar-refractivity contribution in [3.8, 4) is 0 Å². The number of hydrogen-bond acceptors (Lipinski definition) is 4. The van der Waals surface area contributed by atoms with Gasteiger partial charge in [0.15, 0.2) is 0 Å². The Morgan fingerprint density at radius 2 is 1.70 bits per heavy atom. The molecule has 0 fully saturated rings. The SMILES string of the molecule is Cc1cccc(CN(C(=O)CN(c2ccc(Cl)c(C(F)(F)F)c2)S(C)(=O)=O)C(C)C(=O)NC(C)(C)C)c1. The van der Waals surface area contributed by atoms with Crippen LogP contribution in [0.2, 0.25) is 5.02 Å². The second-order valence-corrected chi connectivity index (χ2v) is 12.2. The highest BCUT2D eigenvalue weighted by Gasteiger charge is 2.36. The molecular formula is C25H31ClF3N3O4S. The number of benzene rings is 2. The highest BCUT2D eigenvalue weighted by molar-refractivity contribution is 7.92. The number of anilines is 1. The van der Waals surface area contributed by atoms with E-state index in [-0.39, 0.29) is 12.2 Å². The maximum absolute atomic E-state index is 13.5. The zero-order valence-corrected chi connectivity index (χ0v) is 23.1. The van der Waals surface area contributed by atoms with Crippen molar-refractivity contribution in [2.45, 2.75) is 58.9 Å². The molecule has 0 aliphatic rings. The largest absolute Gasteiger partial charge is 0.417 e. The molecule has 7 nitrogen and oxygen atoms in total. The number of amides is 2. The summed E-state index contributed by atoms with van der Waals surface area (Å²) in [4.78, 5) is 27.6. The van der Waals surface area contributed by atoms with Gasteiger partial charge in [-0.2, -0.15) is 13.2 Å². The molecule has 0 saturated heterocycles. The summed E-state index contributed by atoms with van der Waals surface area (Å²) in [7, 11) is -4.20. The highest BCUT2D eigenvalue weighted by Crippen LogP contribution is 2.37. The van der Waals surface area contributed by atoms with Crippen LogP contribution in [0.1, 0.15) is 44.4 Å². The van der Waals surface area contributed by atoms with Crippen molar-refractivity contribution in [3.63, 3.8) is 0 Å². The molecule has 37 heavy (non-hydrogen) atoms. The van der Waals surface area contributed by atoms with Crippen LogP contribution >= 0.6 is 11.6 Å². The van der Waals surface area contributed by atoms with Crippen molar-refractivity contribution in [1.29, 1.82) is 0 Å². The number of hydrogen-bond donors (Lipinski definition) is 1. The zero-order valence-electron chi connectivity index (χ0n) is 21.5. The van der Waals surface area contributed by atoms with Gasteiger partial charge in [-0.3, -0.25) is 13.9 Å². The lowest BCUT2D eigenvalue weighted by molar-refractivity contribution is -0.140. The summed E-state index contributed by atoms with van der Waals surface area (Å²) in [5.74, 6) is -1.24. The van der Waals surface area contributed by atoms with Gasteiger partial charge in [-0.15, -0.1) is 0 Å². The summed E-state index contributed by atoms with van der Waals surface area (Å²) in [6.07, 6.45) is -4.06. The van der Waals surface area contributed by atoms with E-state index in [0.29, 0.717) is 15.9 Å². The van der Waals surface area contributed by atoms with Crippen LogP contribution in [-0.2, 0) is 32.3 Å². The predicted octanol–water partition coefficient (Wildman–Crippen LogP) is 4.77. The molecule has 0 aliphatic carbocycles. The minimum atomic E-state index is -4.84. The van der Waals surface area contributed by atoms with Gasteiger partial charge < -0.3 is 10.2 Å². The number of nitrogens with zero attached hydrogens (tertiary/aromatic N) is 2. The van der Waals surface area contributed by atoms with E-state index in [1.54, 1.807) is 32.9 Å². The number of halogens is 4. The number of carbonyl (C=O) groups excluding carboxylic acids is 2. The highest BCUT2D eigenvalue weighted by atomic mass is 35.5. The fourth-order valence-corrected chi connectivity index (χ4v) is 4.63. The lowest BCUT2D eigenvalue weighted by atomic mass is 10.1. The first kappa shape index (κ1) is 30.4. The van der Waals surface area contributed by atoms with Crippen molar-refractivity contribution in [3.05, 3.63) is 64.2 Å². The van der Waals surface area contributed by atoms with Gasteiger partial charge in [0.2, 0.25) is 21.8 Å². The van der Waals surface area contributed by atoms with Crippen LogP contribution in [0, 0.1) is 6.92 Å². The molecule has 2 aromatic carbocycles. The van der Waals surface area contributed by atoms with Gasteiger partial charge in [0.05, 0.1) is 22.5 Å². The first-order valence-electron chi connectivity index (χ1n) is 11.3. The van der Waals surface area contributed by atoms with E-state index in [9.17, 15) is 31.2 Å². The molecule has 2 aromatic rings. The molecule has 2 amide bonds. The third-order valence-corrected chi connectivity index (χ3v) is 6.79. The number of sulfonamides is 1. The van der Waals surface area contributed by atoms with Gasteiger partial charge in [-0.25, -0.2) is 8.42 Å². The van der Waals surface area contributed by atoms with Crippen molar-refractivity contribution < 1.29 is 31.2 Å². The molecule has 0 spiro atoms. The van der Waals surface area contributed by atoms with Crippen molar-refractivity contribution in [1.82, 2.24) is 10.2 Å². The van der Waals surface area contributed by atoms with Gasteiger partial charge in [0.25, 0.3) is 0 Å². The molecule has 0 bridgehead atoms. The Morgan fingerprint density at radius 1 is 1.08 bits per heavy atom. The van der Waals surface area contributed by atoms with Crippen molar-refractivity contribution in [2.24, 2.45) is 0 Å². The third-order valence-electron chi connectivity index (χ3n) is 5.32. The molecule has 2 rings (SSSR count). The molecule has 12 heteroatoms. The maximum Gasteiger partial charge on any atom is 0.417 e. The Labute approximate surface area is 220 Å². The normalized spacial score (nSPS) is 13.1. The molecular weight excluding hydrogens is 531 g/mol. The van der Waals surface area contributed by atoms with E-state index >= 15 is 0 Å². The van der Waals surface area contributed by atoms with Crippen LogP contribution in [-0.4, -0.2) is 49.5 Å². The second kappa shape index (κ2) is 11.3. The average Bonchev–Trinajstić information content (AvgIpc) is 2.73. The van der Waals surface area contributed by atoms with Gasteiger partial charge in [0.1, 0.15) is 12.6 Å². The summed E-state index contributed by atoms with van der Waals surface area (Å²) in [5.41, 5.74) is -0.604. The van der Waals surface area contributed by atoms with Crippen LogP contribution in [0.5, 0.6) is 0 Å². The van der Waals surface area contributed by atoms with Crippen molar-refractivity contribution in [2.75, 3.05) is 17.1 Å². The van der Waals surface area contributed by atoms with Gasteiger partial charge >= 0.3 is 6.18 Å². The van der Waals surface area contributed by atoms with E-state index in [0.717, 1.165) is 24.0 Å². The minimum absolute atomic E-state index is 0.0226. The van der Waals surface area contributed by atoms with Crippen LogP contribution in [0.25, 0.3) is 0 Å². The van der Waals surface area contributed by atoms with E-state index in [2.05, 4.69) is 5.32 Å². The van der Waals surface area contributed by atoms with E-state index in [1.165, 1.54) is 11.8 Å². The smallest absolute Gasteiger partial charge is 0.350 e. The number of nitrogens with one attached hydrogen (secondary N) is 1. The van der Waals surface area contributed by atoms with Crippen LogP contribution < -0.4 is 9.62 Å². The first-order valence-corrected chi connectivity index (χ1v) is 13.5. The number of carbonyl (C=O) groups is 2. The number of aryl methyl sites for hydroxylation is 1.